The third-order valence-corrected chi connectivity index (χ3v) is 1.83. The number of rotatable bonds is 1. The summed E-state index contributed by atoms with van der Waals surface area (Å²) < 4.78 is 12.9. The second-order valence-corrected chi connectivity index (χ2v) is 3.13. The van der Waals surface area contributed by atoms with Gasteiger partial charge >= 0.3 is 0 Å². The summed E-state index contributed by atoms with van der Waals surface area (Å²) in [5.74, 6) is -0.263. The van der Waals surface area contributed by atoms with E-state index >= 15 is 0 Å². The van der Waals surface area contributed by atoms with Gasteiger partial charge in [-0.2, -0.15) is 0 Å². The minimum absolute atomic E-state index is 0.263. The van der Waals surface area contributed by atoms with E-state index in [1.165, 1.54) is 12.1 Å². The predicted molar refractivity (Wildman–Crippen MR) is 56.4 cm³/mol. The Bertz CT molecular complexity index is 305. The summed E-state index contributed by atoms with van der Waals surface area (Å²) in [7, 11) is 1.71. The number of hydrogen-bond donors (Lipinski definition) is 2. The van der Waals surface area contributed by atoms with Crippen LogP contribution in [0.25, 0.3) is 0 Å². The van der Waals surface area contributed by atoms with Crippen molar-refractivity contribution in [3.63, 3.8) is 0 Å². The normalized spacial score (nSPS) is 9.46. The molecule has 4 heteroatoms. The summed E-state index contributed by atoms with van der Waals surface area (Å²) in [6, 6.07) is 4.69. The van der Waals surface area contributed by atoms with Crippen molar-refractivity contribution in [2.24, 2.45) is 0 Å². The Hall–Kier alpha value is -1.16. The Morgan fingerprint density at radius 2 is 2.08 bits per heavy atom. The van der Waals surface area contributed by atoms with Crippen LogP contribution < -0.4 is 10.6 Å². The second kappa shape index (κ2) is 4.18. The van der Waals surface area contributed by atoms with E-state index < -0.39 is 0 Å². The van der Waals surface area contributed by atoms with Crippen LogP contribution in [0.15, 0.2) is 18.2 Å². The highest BCUT2D eigenvalue weighted by molar-refractivity contribution is 7.80. The highest BCUT2D eigenvalue weighted by atomic mass is 32.1. The van der Waals surface area contributed by atoms with Crippen LogP contribution in [-0.4, -0.2) is 12.2 Å². The van der Waals surface area contributed by atoms with E-state index in [-0.39, 0.29) is 5.82 Å². The summed E-state index contributed by atoms with van der Waals surface area (Å²) in [5, 5.41) is 6.08. The van der Waals surface area contributed by atoms with E-state index in [4.69, 9.17) is 12.2 Å². The largest absolute Gasteiger partial charge is 0.366 e. The Balaban J connectivity index is 2.83. The van der Waals surface area contributed by atoms with Crippen LogP contribution in [0.2, 0.25) is 0 Å². The molecule has 0 fully saturated rings. The van der Waals surface area contributed by atoms with Crippen LogP contribution >= 0.6 is 12.2 Å². The van der Waals surface area contributed by atoms with Gasteiger partial charge in [0.1, 0.15) is 5.82 Å². The summed E-state index contributed by atoms with van der Waals surface area (Å²) in [5.41, 5.74) is 1.53. The summed E-state index contributed by atoms with van der Waals surface area (Å²) in [6.07, 6.45) is 0. The standard InChI is InChI=1S/C9H11FN2S/c1-6-3-7(10)5-8(4-6)12-9(13)11-2/h3-5H,1-2H3,(H2,11,12,13). The molecule has 0 saturated carbocycles. The van der Waals surface area contributed by atoms with E-state index in [0.29, 0.717) is 10.8 Å². The van der Waals surface area contributed by atoms with E-state index in [1.807, 2.05) is 13.0 Å². The van der Waals surface area contributed by atoms with Crippen LogP contribution in [0.4, 0.5) is 10.1 Å². The molecule has 1 aromatic rings. The molecule has 0 aliphatic rings. The van der Waals surface area contributed by atoms with Gasteiger partial charge in [0, 0.05) is 12.7 Å². The Kier molecular flexibility index (Phi) is 3.19. The van der Waals surface area contributed by atoms with Gasteiger partial charge in [0.2, 0.25) is 0 Å². The molecule has 0 heterocycles. The average molecular weight is 198 g/mol. The van der Waals surface area contributed by atoms with Crippen molar-refractivity contribution in [1.29, 1.82) is 0 Å². The molecular formula is C9H11FN2S. The molecular weight excluding hydrogens is 187 g/mol. The molecule has 0 atom stereocenters. The van der Waals surface area contributed by atoms with E-state index in [0.717, 1.165) is 5.56 Å². The lowest BCUT2D eigenvalue weighted by Gasteiger charge is -2.07. The Morgan fingerprint density at radius 1 is 1.38 bits per heavy atom. The third kappa shape index (κ3) is 2.99. The molecule has 2 N–H and O–H groups in total. The minimum Gasteiger partial charge on any atom is -0.366 e. The second-order valence-electron chi connectivity index (χ2n) is 2.72. The van der Waals surface area contributed by atoms with Gasteiger partial charge < -0.3 is 10.6 Å². The molecule has 0 unspecified atom stereocenters. The van der Waals surface area contributed by atoms with Crippen molar-refractivity contribution >= 4 is 23.0 Å². The fourth-order valence-electron chi connectivity index (χ4n) is 1.00. The van der Waals surface area contributed by atoms with E-state index in [1.54, 1.807) is 7.05 Å². The van der Waals surface area contributed by atoms with Crippen molar-refractivity contribution in [1.82, 2.24) is 5.32 Å². The molecule has 0 aliphatic carbocycles. The third-order valence-electron chi connectivity index (χ3n) is 1.53. The minimum atomic E-state index is -0.263. The van der Waals surface area contributed by atoms with Gasteiger partial charge in [-0.15, -0.1) is 0 Å². The number of benzene rings is 1. The first-order valence-corrected chi connectivity index (χ1v) is 4.28. The van der Waals surface area contributed by atoms with Crippen LogP contribution in [0.3, 0.4) is 0 Å². The van der Waals surface area contributed by atoms with Crippen LogP contribution in [0, 0.1) is 12.7 Å². The molecule has 0 aromatic heterocycles. The molecule has 0 bridgehead atoms. The zero-order chi connectivity index (χ0) is 9.84. The molecule has 0 saturated heterocycles. The van der Waals surface area contributed by atoms with Crippen molar-refractivity contribution < 1.29 is 4.39 Å². The Morgan fingerprint density at radius 3 is 2.62 bits per heavy atom. The van der Waals surface area contributed by atoms with Crippen LogP contribution in [-0.2, 0) is 0 Å². The number of hydrogen-bond acceptors (Lipinski definition) is 1. The molecule has 0 radical (unpaired) electrons. The smallest absolute Gasteiger partial charge is 0.170 e. The van der Waals surface area contributed by atoms with Gasteiger partial charge in [-0.25, -0.2) is 4.39 Å². The predicted octanol–water partition coefficient (Wildman–Crippen LogP) is 2.05. The summed E-state index contributed by atoms with van der Waals surface area (Å²) in [4.78, 5) is 0. The van der Waals surface area contributed by atoms with Gasteiger partial charge in [0.25, 0.3) is 0 Å². The maximum Gasteiger partial charge on any atom is 0.170 e. The molecule has 0 amide bonds. The summed E-state index contributed by atoms with van der Waals surface area (Å²) in [6.45, 7) is 1.83. The molecule has 1 aromatic carbocycles. The van der Waals surface area contributed by atoms with E-state index in [9.17, 15) is 4.39 Å². The number of halogens is 1. The summed E-state index contributed by atoms with van der Waals surface area (Å²) >= 11 is 4.88. The van der Waals surface area contributed by atoms with Gasteiger partial charge in [0.15, 0.2) is 5.11 Å². The highest BCUT2D eigenvalue weighted by Gasteiger charge is 1.98. The Labute approximate surface area is 82.2 Å². The fraction of sp³-hybridized carbons (Fsp3) is 0.222. The average Bonchev–Trinajstić information content (AvgIpc) is 2.02. The maximum absolute atomic E-state index is 12.9. The van der Waals surface area contributed by atoms with Crippen molar-refractivity contribution in [3.8, 4) is 0 Å². The van der Waals surface area contributed by atoms with Gasteiger partial charge in [0.05, 0.1) is 0 Å². The lowest BCUT2D eigenvalue weighted by Crippen LogP contribution is -2.24. The van der Waals surface area contributed by atoms with Gasteiger partial charge in [-0.1, -0.05) is 0 Å². The molecule has 1 rings (SSSR count). The van der Waals surface area contributed by atoms with Gasteiger partial charge in [-0.05, 0) is 42.9 Å². The number of aryl methyl sites for hydroxylation is 1. The zero-order valence-corrected chi connectivity index (χ0v) is 8.33. The molecule has 0 spiro atoms. The van der Waals surface area contributed by atoms with Gasteiger partial charge in [-0.3, -0.25) is 0 Å². The number of thiocarbonyl (C=S) groups is 1. The SMILES string of the molecule is CNC(=S)Nc1cc(C)cc(F)c1. The molecule has 2 nitrogen and oxygen atoms in total. The lowest BCUT2D eigenvalue weighted by atomic mass is 10.2. The highest BCUT2D eigenvalue weighted by Crippen LogP contribution is 2.12. The van der Waals surface area contributed by atoms with Crippen molar-refractivity contribution in [2.75, 3.05) is 12.4 Å². The first-order chi connectivity index (χ1) is 6.11. The molecule has 13 heavy (non-hydrogen) atoms. The fourth-order valence-corrected chi connectivity index (χ4v) is 1.12. The first-order valence-electron chi connectivity index (χ1n) is 3.88. The van der Waals surface area contributed by atoms with Crippen molar-refractivity contribution in [3.05, 3.63) is 29.6 Å². The molecule has 70 valence electrons. The van der Waals surface area contributed by atoms with E-state index in [2.05, 4.69) is 10.6 Å². The van der Waals surface area contributed by atoms with Crippen molar-refractivity contribution in [2.45, 2.75) is 6.92 Å². The topological polar surface area (TPSA) is 24.1 Å². The first kappa shape index (κ1) is 9.92. The monoisotopic (exact) mass is 198 g/mol. The lowest BCUT2D eigenvalue weighted by molar-refractivity contribution is 0.627. The van der Waals surface area contributed by atoms with Crippen LogP contribution in [0.5, 0.6) is 0 Å². The number of nitrogens with one attached hydrogen (secondary N) is 2. The van der Waals surface area contributed by atoms with Crippen LogP contribution in [0.1, 0.15) is 5.56 Å². The number of anilines is 1. The molecule has 0 aliphatic heterocycles. The maximum atomic E-state index is 12.9. The quantitative estimate of drug-likeness (QED) is 0.675. The zero-order valence-electron chi connectivity index (χ0n) is 7.52.